The Morgan fingerprint density at radius 1 is 0.361 bits per heavy atom. The summed E-state index contributed by atoms with van der Waals surface area (Å²) in [6, 6.07) is 57.1. The van der Waals surface area contributed by atoms with Crippen LogP contribution in [0.25, 0.3) is 83.9 Å². The number of nitrogens with zero attached hydrogens (tertiary/aromatic N) is 4. The maximum absolute atomic E-state index is 5.54. The highest BCUT2D eigenvalue weighted by Crippen LogP contribution is 2.62. The van der Waals surface area contributed by atoms with E-state index in [-0.39, 0.29) is 21.7 Å². The number of rotatable bonds is 5. The van der Waals surface area contributed by atoms with Crippen LogP contribution in [0.1, 0.15) is 77.6 Å². The normalized spacial score (nSPS) is 16.4. The molecule has 0 aliphatic heterocycles. The van der Waals surface area contributed by atoms with Gasteiger partial charge in [0, 0.05) is 27.3 Å². The van der Waals surface area contributed by atoms with Gasteiger partial charge in [0.2, 0.25) is 5.95 Å². The first-order valence-electron chi connectivity index (χ1n) is 21.6. The second-order valence-corrected chi connectivity index (χ2v) is 19.4. The number of hydrogen-bond donors (Lipinski definition) is 0. The van der Waals surface area contributed by atoms with E-state index in [0.717, 1.165) is 44.4 Å². The van der Waals surface area contributed by atoms with Crippen molar-refractivity contribution in [3.63, 3.8) is 0 Å². The van der Waals surface area contributed by atoms with Gasteiger partial charge in [-0.25, -0.2) is 4.98 Å². The van der Waals surface area contributed by atoms with Crippen molar-refractivity contribution in [3.8, 4) is 62.1 Å². The highest BCUT2D eigenvalue weighted by molar-refractivity contribution is 6.12. The molecule has 61 heavy (non-hydrogen) atoms. The zero-order valence-corrected chi connectivity index (χ0v) is 36.3. The maximum atomic E-state index is 5.54. The van der Waals surface area contributed by atoms with E-state index in [1.165, 1.54) is 44.2 Å². The lowest BCUT2D eigenvalue weighted by Gasteiger charge is -2.44. The topological polar surface area (TPSA) is 43.6 Å². The number of fused-ring (bicyclic) bond motifs is 7. The zero-order chi connectivity index (χ0) is 42.1. The van der Waals surface area contributed by atoms with E-state index < -0.39 is 0 Å². The molecular weight excluding hydrogens is 741 g/mol. The molecule has 4 heteroatoms. The second kappa shape index (κ2) is 12.9. The van der Waals surface area contributed by atoms with E-state index in [9.17, 15) is 0 Å². The number of aromatic nitrogens is 4. The molecule has 0 unspecified atom stereocenters. The molecule has 2 aliphatic carbocycles. The van der Waals surface area contributed by atoms with E-state index >= 15 is 0 Å². The molecule has 4 nitrogen and oxygen atoms in total. The minimum Gasteiger partial charge on any atom is -0.278 e. The standard InChI is InChI=1S/C57H50N4/c1-54(2)45-27-19-18-26-41(45)42-31-43-44-32-47-48(56(5,6)57(7,8)55(47,3)4)34-50(44)61(49(43)33-46(42)54)53-59-51(37-24-16-11-17-25-37)58-52(60-53)40-29-38(35-20-12-9-13-21-35)28-39(30-40)36-22-14-10-15-23-36/h9-34H,1-8H3. The summed E-state index contributed by atoms with van der Waals surface area (Å²) in [4.78, 5) is 16.3. The van der Waals surface area contributed by atoms with Crippen LogP contribution in [0.2, 0.25) is 0 Å². The van der Waals surface area contributed by atoms with Gasteiger partial charge in [0.05, 0.1) is 11.0 Å². The van der Waals surface area contributed by atoms with E-state index in [4.69, 9.17) is 15.0 Å². The van der Waals surface area contributed by atoms with Crippen LogP contribution in [0.4, 0.5) is 0 Å². The molecule has 2 aliphatic rings. The lowest BCUT2D eigenvalue weighted by Crippen LogP contribution is -2.42. The molecule has 9 aromatic rings. The van der Waals surface area contributed by atoms with Crippen molar-refractivity contribution in [2.24, 2.45) is 5.41 Å². The molecule has 2 heterocycles. The van der Waals surface area contributed by atoms with Gasteiger partial charge >= 0.3 is 0 Å². The second-order valence-electron chi connectivity index (χ2n) is 19.4. The Morgan fingerprint density at radius 2 is 0.820 bits per heavy atom. The van der Waals surface area contributed by atoms with Crippen molar-refractivity contribution in [1.82, 2.24) is 19.5 Å². The van der Waals surface area contributed by atoms with E-state index in [1.807, 2.05) is 6.07 Å². The number of hydrogen-bond acceptors (Lipinski definition) is 3. The summed E-state index contributed by atoms with van der Waals surface area (Å²) in [5.41, 5.74) is 16.4. The molecule has 0 saturated heterocycles. The molecule has 0 saturated carbocycles. The summed E-state index contributed by atoms with van der Waals surface area (Å²) in [5.74, 6) is 1.88. The van der Waals surface area contributed by atoms with E-state index in [1.54, 1.807) is 0 Å². The Kier molecular flexibility index (Phi) is 7.92. The van der Waals surface area contributed by atoms with Gasteiger partial charge in [0.1, 0.15) is 0 Å². The quantitative estimate of drug-likeness (QED) is 0.174. The molecule has 0 spiro atoms. The largest absolute Gasteiger partial charge is 0.278 e. The maximum Gasteiger partial charge on any atom is 0.238 e. The van der Waals surface area contributed by atoms with Gasteiger partial charge in [0.15, 0.2) is 11.6 Å². The third kappa shape index (κ3) is 5.34. The summed E-state index contributed by atoms with van der Waals surface area (Å²) >= 11 is 0. The lowest BCUT2D eigenvalue weighted by molar-refractivity contribution is 0.125. The average Bonchev–Trinajstić information content (AvgIpc) is 3.75. The van der Waals surface area contributed by atoms with Crippen LogP contribution in [0.5, 0.6) is 0 Å². The molecule has 298 valence electrons. The van der Waals surface area contributed by atoms with Crippen LogP contribution < -0.4 is 0 Å². The molecule has 0 atom stereocenters. The Morgan fingerprint density at radius 3 is 1.41 bits per heavy atom. The molecule has 0 N–H and O–H groups in total. The summed E-state index contributed by atoms with van der Waals surface area (Å²) in [6.07, 6.45) is 0. The van der Waals surface area contributed by atoms with Crippen molar-refractivity contribution < 1.29 is 0 Å². The summed E-state index contributed by atoms with van der Waals surface area (Å²) in [7, 11) is 0. The molecule has 0 radical (unpaired) electrons. The zero-order valence-electron chi connectivity index (χ0n) is 36.3. The predicted molar refractivity (Wildman–Crippen MR) is 253 cm³/mol. The van der Waals surface area contributed by atoms with Crippen LogP contribution in [0.3, 0.4) is 0 Å². The summed E-state index contributed by atoms with van der Waals surface area (Å²) in [5, 5.41) is 2.43. The van der Waals surface area contributed by atoms with Gasteiger partial charge in [-0.2, -0.15) is 9.97 Å². The fourth-order valence-corrected chi connectivity index (χ4v) is 10.6. The minimum absolute atomic E-state index is 0.00697. The molecule has 0 amide bonds. The van der Waals surface area contributed by atoms with Crippen molar-refractivity contribution in [1.29, 1.82) is 0 Å². The monoisotopic (exact) mass is 790 g/mol. The van der Waals surface area contributed by atoms with Gasteiger partial charge in [-0.05, 0) is 114 Å². The molecule has 0 bridgehead atoms. The highest BCUT2D eigenvalue weighted by atomic mass is 15.2. The van der Waals surface area contributed by atoms with Crippen molar-refractivity contribution in [3.05, 3.63) is 180 Å². The predicted octanol–water partition coefficient (Wildman–Crippen LogP) is 14.5. The first-order valence-corrected chi connectivity index (χ1v) is 21.6. The molecule has 7 aromatic carbocycles. The lowest BCUT2D eigenvalue weighted by atomic mass is 9.59. The van der Waals surface area contributed by atoms with Crippen LogP contribution in [0, 0.1) is 5.41 Å². The Balaban J connectivity index is 1.25. The highest BCUT2D eigenvalue weighted by Gasteiger charge is 2.57. The Hall–Kier alpha value is -6.65. The molecule has 2 aromatic heterocycles. The van der Waals surface area contributed by atoms with E-state index in [0.29, 0.717) is 17.6 Å². The fraction of sp³-hybridized carbons (Fsp3) is 0.211. The van der Waals surface area contributed by atoms with E-state index in [2.05, 4.69) is 212 Å². The first-order chi connectivity index (χ1) is 29.3. The SMILES string of the molecule is CC1(C)c2ccccc2-c2cc3c4cc5c(cc4n(-c4nc(-c6ccccc6)nc(-c6cc(-c7ccccc7)cc(-c7ccccc7)c6)n4)c3cc21)C(C)(C)C(C)(C)C5(C)C. The summed E-state index contributed by atoms with van der Waals surface area (Å²) in [6.45, 7) is 19.3. The smallest absolute Gasteiger partial charge is 0.238 e. The Labute approximate surface area is 359 Å². The molecular formula is C57H50N4. The van der Waals surface area contributed by atoms with Crippen molar-refractivity contribution >= 4 is 21.8 Å². The van der Waals surface area contributed by atoms with Crippen LogP contribution in [0.15, 0.2) is 158 Å². The van der Waals surface area contributed by atoms with Crippen LogP contribution >= 0.6 is 0 Å². The first kappa shape index (κ1) is 37.4. The van der Waals surface area contributed by atoms with Crippen molar-refractivity contribution in [2.75, 3.05) is 0 Å². The van der Waals surface area contributed by atoms with Crippen molar-refractivity contribution in [2.45, 2.75) is 71.6 Å². The minimum atomic E-state index is -0.178. The molecule has 0 fully saturated rings. The number of benzene rings is 7. The van der Waals surface area contributed by atoms with Gasteiger partial charge in [0.25, 0.3) is 0 Å². The van der Waals surface area contributed by atoms with Crippen LogP contribution in [-0.4, -0.2) is 19.5 Å². The third-order valence-corrected chi connectivity index (χ3v) is 15.3. The van der Waals surface area contributed by atoms with Gasteiger partial charge < -0.3 is 0 Å². The van der Waals surface area contributed by atoms with Crippen LogP contribution in [-0.2, 0) is 16.2 Å². The van der Waals surface area contributed by atoms with Gasteiger partial charge in [-0.3, -0.25) is 4.57 Å². The average molecular weight is 791 g/mol. The van der Waals surface area contributed by atoms with Gasteiger partial charge in [-0.15, -0.1) is 0 Å². The Bertz CT molecular complexity index is 3170. The fourth-order valence-electron chi connectivity index (χ4n) is 10.6. The summed E-state index contributed by atoms with van der Waals surface area (Å²) < 4.78 is 2.34. The van der Waals surface area contributed by atoms with Gasteiger partial charge in [-0.1, -0.05) is 171 Å². The third-order valence-electron chi connectivity index (χ3n) is 15.3. The molecule has 11 rings (SSSR count).